The molecule has 0 fully saturated rings. The second-order valence-corrected chi connectivity index (χ2v) is 4.10. The van der Waals surface area contributed by atoms with E-state index >= 15 is 0 Å². The molecular formula is C14H13F6NO5. The van der Waals surface area contributed by atoms with Crippen LogP contribution in [0, 0.1) is 18.3 Å². The Balaban J connectivity index is 0. The molecule has 0 aromatic heterocycles. The molecule has 1 aromatic carbocycles. The number of hydrogen-bond donors (Lipinski definition) is 2. The standard InChI is InChI=1S/C10H11NO.2C2HF3O2/c1-3-12-10-6-4-5-8(2)9(10)7-11;2*3-2(4,5)1(6)7/h4-6H,3H2,1-2H3;2*(H,6,7). The van der Waals surface area contributed by atoms with Gasteiger partial charge >= 0.3 is 24.3 Å². The number of halogens is 6. The average molecular weight is 389 g/mol. The maximum atomic E-state index is 10.6. The summed E-state index contributed by atoms with van der Waals surface area (Å²) < 4.78 is 68.8. The SMILES string of the molecule is CCOc1cccc(C)c1C#N.O=C(O)C(F)(F)F.O=C(O)C(F)(F)F. The predicted molar refractivity (Wildman–Crippen MR) is 74.4 cm³/mol. The minimum Gasteiger partial charge on any atom is -0.492 e. The van der Waals surface area contributed by atoms with Crippen LogP contribution in [0.1, 0.15) is 18.1 Å². The van der Waals surface area contributed by atoms with Crippen molar-refractivity contribution in [3.05, 3.63) is 29.3 Å². The van der Waals surface area contributed by atoms with Gasteiger partial charge in [0.1, 0.15) is 11.8 Å². The Bertz CT molecular complexity index is 625. The van der Waals surface area contributed by atoms with Crippen LogP contribution in [0.4, 0.5) is 26.3 Å². The van der Waals surface area contributed by atoms with E-state index in [1.54, 1.807) is 0 Å². The number of hydrogen-bond acceptors (Lipinski definition) is 4. The van der Waals surface area contributed by atoms with Crippen LogP contribution >= 0.6 is 0 Å². The van der Waals surface area contributed by atoms with Gasteiger partial charge in [-0.15, -0.1) is 0 Å². The lowest BCUT2D eigenvalue weighted by Crippen LogP contribution is -2.21. The molecule has 1 rings (SSSR count). The van der Waals surface area contributed by atoms with Crippen LogP contribution in [0.25, 0.3) is 0 Å². The van der Waals surface area contributed by atoms with Gasteiger partial charge in [-0.2, -0.15) is 31.6 Å². The first-order chi connectivity index (χ1) is 11.7. The van der Waals surface area contributed by atoms with Gasteiger partial charge in [-0.25, -0.2) is 9.59 Å². The number of benzene rings is 1. The number of carbonyl (C=O) groups is 2. The lowest BCUT2D eigenvalue weighted by atomic mass is 10.1. The molecule has 0 bridgehead atoms. The smallest absolute Gasteiger partial charge is 0.490 e. The lowest BCUT2D eigenvalue weighted by Gasteiger charge is -2.05. The second kappa shape index (κ2) is 10.8. The molecule has 0 radical (unpaired) electrons. The van der Waals surface area contributed by atoms with Crippen LogP contribution < -0.4 is 4.74 Å². The summed E-state index contributed by atoms with van der Waals surface area (Å²) in [5, 5.41) is 23.0. The Kier molecular flexibility index (Phi) is 10.5. The van der Waals surface area contributed by atoms with Gasteiger partial charge in [-0.3, -0.25) is 0 Å². The Morgan fingerprint density at radius 2 is 1.46 bits per heavy atom. The maximum Gasteiger partial charge on any atom is 0.490 e. The zero-order valence-corrected chi connectivity index (χ0v) is 13.3. The molecule has 0 heterocycles. The molecule has 0 aliphatic rings. The van der Waals surface area contributed by atoms with Crippen molar-refractivity contribution in [1.29, 1.82) is 5.26 Å². The zero-order valence-electron chi connectivity index (χ0n) is 13.3. The average Bonchev–Trinajstić information content (AvgIpc) is 2.47. The van der Waals surface area contributed by atoms with E-state index in [9.17, 15) is 26.3 Å². The van der Waals surface area contributed by atoms with Crippen molar-refractivity contribution in [3.63, 3.8) is 0 Å². The first-order valence-corrected chi connectivity index (χ1v) is 6.41. The normalized spacial score (nSPS) is 10.3. The fourth-order valence-corrected chi connectivity index (χ4v) is 1.06. The number of aryl methyl sites for hydroxylation is 1. The summed E-state index contributed by atoms with van der Waals surface area (Å²) in [6, 6.07) is 7.73. The highest BCUT2D eigenvalue weighted by Crippen LogP contribution is 2.20. The van der Waals surface area contributed by atoms with E-state index in [0.29, 0.717) is 17.9 Å². The summed E-state index contributed by atoms with van der Waals surface area (Å²) >= 11 is 0. The number of carboxylic acids is 2. The third-order valence-electron chi connectivity index (χ3n) is 2.13. The molecule has 1 aromatic rings. The maximum absolute atomic E-state index is 10.6. The van der Waals surface area contributed by atoms with E-state index in [1.165, 1.54) is 0 Å². The minimum atomic E-state index is -5.08. The van der Waals surface area contributed by atoms with E-state index in [0.717, 1.165) is 5.56 Å². The third-order valence-corrected chi connectivity index (χ3v) is 2.13. The van der Waals surface area contributed by atoms with Gasteiger partial charge in [0.05, 0.1) is 12.2 Å². The molecule has 0 unspecified atom stereocenters. The van der Waals surface area contributed by atoms with Crippen LogP contribution in [-0.4, -0.2) is 41.1 Å². The van der Waals surface area contributed by atoms with Crippen molar-refractivity contribution in [2.45, 2.75) is 26.2 Å². The van der Waals surface area contributed by atoms with Crippen LogP contribution in [0.5, 0.6) is 5.75 Å². The van der Waals surface area contributed by atoms with Gasteiger partial charge in [0.2, 0.25) is 0 Å². The van der Waals surface area contributed by atoms with E-state index in [-0.39, 0.29) is 0 Å². The second-order valence-electron chi connectivity index (χ2n) is 4.10. The molecule has 0 amide bonds. The summed E-state index contributed by atoms with van der Waals surface area (Å²) in [6.07, 6.45) is -10.2. The summed E-state index contributed by atoms with van der Waals surface area (Å²) in [5.41, 5.74) is 1.60. The Hall–Kier alpha value is -2.97. The van der Waals surface area contributed by atoms with E-state index in [4.69, 9.17) is 29.8 Å². The number of rotatable bonds is 2. The van der Waals surface area contributed by atoms with Gasteiger partial charge in [0.15, 0.2) is 0 Å². The van der Waals surface area contributed by atoms with Gasteiger partial charge in [0.25, 0.3) is 0 Å². The van der Waals surface area contributed by atoms with Gasteiger partial charge in [-0.05, 0) is 25.5 Å². The van der Waals surface area contributed by atoms with Crippen LogP contribution in [-0.2, 0) is 9.59 Å². The summed E-state index contributed by atoms with van der Waals surface area (Å²) in [4.78, 5) is 17.8. The lowest BCUT2D eigenvalue weighted by molar-refractivity contribution is -0.193. The minimum absolute atomic E-state index is 0.595. The van der Waals surface area contributed by atoms with Gasteiger partial charge in [0, 0.05) is 0 Å². The molecule has 0 atom stereocenters. The van der Waals surface area contributed by atoms with Crippen molar-refractivity contribution in [1.82, 2.24) is 0 Å². The van der Waals surface area contributed by atoms with Crippen molar-refractivity contribution < 1.29 is 50.9 Å². The van der Waals surface area contributed by atoms with Crippen molar-refractivity contribution in [2.24, 2.45) is 0 Å². The van der Waals surface area contributed by atoms with Crippen molar-refractivity contribution in [2.75, 3.05) is 6.61 Å². The molecular weight excluding hydrogens is 376 g/mol. The number of nitrogens with zero attached hydrogens (tertiary/aromatic N) is 1. The number of alkyl halides is 6. The van der Waals surface area contributed by atoms with Crippen LogP contribution in [0.3, 0.4) is 0 Å². The number of carboxylic acid groups (broad SMARTS) is 2. The molecule has 2 N–H and O–H groups in total. The highest BCUT2D eigenvalue weighted by molar-refractivity contribution is 5.73. The predicted octanol–water partition coefficient (Wildman–Crippen LogP) is 3.53. The summed E-state index contributed by atoms with van der Waals surface area (Å²) in [7, 11) is 0. The number of aliphatic carboxylic acids is 2. The Morgan fingerprint density at radius 3 is 1.73 bits per heavy atom. The fourth-order valence-electron chi connectivity index (χ4n) is 1.06. The molecule has 12 heteroatoms. The number of ether oxygens (including phenoxy) is 1. The van der Waals surface area contributed by atoms with Crippen LogP contribution in [0.15, 0.2) is 18.2 Å². The van der Waals surface area contributed by atoms with Crippen molar-refractivity contribution >= 4 is 11.9 Å². The molecule has 0 aliphatic carbocycles. The molecule has 0 saturated heterocycles. The molecule has 6 nitrogen and oxygen atoms in total. The monoisotopic (exact) mass is 389 g/mol. The van der Waals surface area contributed by atoms with Crippen LogP contribution in [0.2, 0.25) is 0 Å². The molecule has 0 spiro atoms. The van der Waals surface area contributed by atoms with Gasteiger partial charge < -0.3 is 14.9 Å². The largest absolute Gasteiger partial charge is 0.492 e. The first-order valence-electron chi connectivity index (χ1n) is 6.41. The van der Waals surface area contributed by atoms with Crippen molar-refractivity contribution in [3.8, 4) is 11.8 Å². The molecule has 146 valence electrons. The summed E-state index contributed by atoms with van der Waals surface area (Å²) in [5.74, 6) is -4.83. The quantitative estimate of drug-likeness (QED) is 0.750. The molecule has 0 aliphatic heterocycles. The summed E-state index contributed by atoms with van der Waals surface area (Å²) in [6.45, 7) is 4.41. The zero-order chi connectivity index (χ0) is 21.1. The van der Waals surface area contributed by atoms with Gasteiger partial charge in [-0.1, -0.05) is 12.1 Å². The van der Waals surface area contributed by atoms with E-state index < -0.39 is 24.3 Å². The highest BCUT2D eigenvalue weighted by atomic mass is 19.4. The Morgan fingerprint density at radius 1 is 1.08 bits per heavy atom. The molecule has 0 saturated carbocycles. The molecule has 26 heavy (non-hydrogen) atoms. The van der Waals surface area contributed by atoms with E-state index in [2.05, 4.69) is 6.07 Å². The Labute approximate surface area is 143 Å². The number of nitriles is 1. The highest BCUT2D eigenvalue weighted by Gasteiger charge is 2.38. The topological polar surface area (TPSA) is 108 Å². The first kappa shape index (κ1) is 25.3. The third kappa shape index (κ3) is 10.7. The fraction of sp³-hybridized carbons (Fsp3) is 0.357. The van der Waals surface area contributed by atoms with E-state index in [1.807, 2.05) is 32.0 Å².